The Labute approximate surface area is 147 Å². The summed E-state index contributed by atoms with van der Waals surface area (Å²) in [6, 6.07) is 7.15. The number of nitrogens with zero attached hydrogens (tertiary/aromatic N) is 3. The number of rotatable bonds is 6. The third-order valence-electron chi connectivity index (χ3n) is 3.43. The number of aryl methyl sites for hydroxylation is 2. The maximum atomic E-state index is 12.3. The lowest BCUT2D eigenvalue weighted by molar-refractivity contribution is 0.102. The molecular weight excluding hydrogens is 326 g/mol. The van der Waals surface area contributed by atoms with Crippen molar-refractivity contribution in [2.24, 2.45) is 0 Å². The van der Waals surface area contributed by atoms with Gasteiger partial charge in [-0.25, -0.2) is 0 Å². The van der Waals surface area contributed by atoms with Crippen LogP contribution in [0.15, 0.2) is 24.3 Å². The molecule has 6 nitrogen and oxygen atoms in total. The summed E-state index contributed by atoms with van der Waals surface area (Å²) in [6.45, 7) is 5.50. The molecule has 2 aromatic rings. The van der Waals surface area contributed by atoms with Crippen molar-refractivity contribution in [2.45, 2.75) is 13.8 Å². The average Bonchev–Trinajstić information content (AvgIpc) is 2.51. The molecule has 0 unspecified atom stereocenters. The summed E-state index contributed by atoms with van der Waals surface area (Å²) >= 11 is 6.21. The van der Waals surface area contributed by atoms with E-state index in [1.54, 1.807) is 12.1 Å². The number of hydrogen-bond acceptors (Lipinski definition) is 5. The van der Waals surface area contributed by atoms with Gasteiger partial charge in [0.2, 0.25) is 0 Å². The monoisotopic (exact) mass is 347 g/mol. The predicted octanol–water partition coefficient (Wildman–Crippen LogP) is 2.97. The predicted molar refractivity (Wildman–Crippen MR) is 98.0 cm³/mol. The summed E-state index contributed by atoms with van der Waals surface area (Å²) in [7, 11) is 4.00. The van der Waals surface area contributed by atoms with E-state index in [0.29, 0.717) is 16.5 Å². The van der Waals surface area contributed by atoms with Crippen LogP contribution in [0, 0.1) is 13.8 Å². The number of nitrogens with one attached hydrogen (secondary N) is 2. The summed E-state index contributed by atoms with van der Waals surface area (Å²) in [4.78, 5) is 14.4. The Bertz CT molecular complexity index is 692. The van der Waals surface area contributed by atoms with Crippen LogP contribution in [0.5, 0.6) is 0 Å². The van der Waals surface area contributed by atoms with Crippen molar-refractivity contribution in [3.05, 3.63) is 46.1 Å². The molecule has 1 amide bonds. The average molecular weight is 348 g/mol. The van der Waals surface area contributed by atoms with Gasteiger partial charge in [0.15, 0.2) is 5.69 Å². The SMILES string of the molecule is Cc1cc(C)c(NC(=O)c2ccc(NCCN(C)C)nn2)c(Cl)c1. The minimum absolute atomic E-state index is 0.240. The van der Waals surface area contributed by atoms with Crippen molar-refractivity contribution in [3.63, 3.8) is 0 Å². The van der Waals surface area contributed by atoms with Crippen molar-refractivity contribution in [1.82, 2.24) is 15.1 Å². The van der Waals surface area contributed by atoms with E-state index >= 15 is 0 Å². The van der Waals surface area contributed by atoms with Crippen LogP contribution in [-0.4, -0.2) is 48.2 Å². The fourth-order valence-corrected chi connectivity index (χ4v) is 2.58. The Morgan fingerprint density at radius 2 is 1.96 bits per heavy atom. The molecule has 0 fully saturated rings. The molecule has 0 aliphatic rings. The molecule has 0 saturated heterocycles. The summed E-state index contributed by atoms with van der Waals surface area (Å²) in [5.74, 6) is 0.300. The van der Waals surface area contributed by atoms with Crippen LogP contribution in [0.1, 0.15) is 21.6 Å². The van der Waals surface area contributed by atoms with Gasteiger partial charge in [0.05, 0.1) is 10.7 Å². The molecule has 0 spiro atoms. The zero-order valence-corrected chi connectivity index (χ0v) is 15.1. The molecule has 0 bridgehead atoms. The van der Waals surface area contributed by atoms with Gasteiger partial charge in [0.1, 0.15) is 5.82 Å². The second-order valence-electron chi connectivity index (χ2n) is 5.93. The number of aromatic nitrogens is 2. The minimum Gasteiger partial charge on any atom is -0.367 e. The van der Waals surface area contributed by atoms with Crippen molar-refractivity contribution < 1.29 is 4.79 Å². The number of halogens is 1. The Hall–Kier alpha value is -2.18. The minimum atomic E-state index is -0.337. The number of hydrogen-bond donors (Lipinski definition) is 2. The van der Waals surface area contributed by atoms with Crippen molar-refractivity contribution in [1.29, 1.82) is 0 Å². The highest BCUT2D eigenvalue weighted by atomic mass is 35.5. The van der Waals surface area contributed by atoms with Gasteiger partial charge in [-0.1, -0.05) is 17.7 Å². The molecule has 1 aromatic carbocycles. The molecule has 24 heavy (non-hydrogen) atoms. The van der Waals surface area contributed by atoms with Crippen LogP contribution in [0.4, 0.5) is 11.5 Å². The largest absolute Gasteiger partial charge is 0.367 e. The summed E-state index contributed by atoms with van der Waals surface area (Å²) in [6.07, 6.45) is 0. The van der Waals surface area contributed by atoms with Crippen molar-refractivity contribution in [3.8, 4) is 0 Å². The number of benzene rings is 1. The Morgan fingerprint density at radius 1 is 1.21 bits per heavy atom. The molecule has 1 heterocycles. The number of likely N-dealkylation sites (N-methyl/N-ethyl adjacent to an activating group) is 1. The Kier molecular flexibility index (Phi) is 6.11. The third-order valence-corrected chi connectivity index (χ3v) is 3.73. The van der Waals surface area contributed by atoms with Gasteiger partial charge in [0.25, 0.3) is 5.91 Å². The van der Waals surface area contributed by atoms with Gasteiger partial charge in [-0.15, -0.1) is 10.2 Å². The Morgan fingerprint density at radius 3 is 2.54 bits per heavy atom. The Balaban J connectivity index is 2.03. The fourth-order valence-electron chi connectivity index (χ4n) is 2.21. The van der Waals surface area contributed by atoms with Gasteiger partial charge in [-0.2, -0.15) is 0 Å². The number of anilines is 2. The van der Waals surface area contributed by atoms with Gasteiger partial charge >= 0.3 is 0 Å². The molecular formula is C17H22ClN5O. The van der Waals surface area contributed by atoms with E-state index in [9.17, 15) is 4.79 Å². The van der Waals surface area contributed by atoms with E-state index < -0.39 is 0 Å². The van der Waals surface area contributed by atoms with Crippen LogP contribution in [0.25, 0.3) is 0 Å². The van der Waals surface area contributed by atoms with Crippen LogP contribution >= 0.6 is 11.6 Å². The van der Waals surface area contributed by atoms with E-state index in [1.165, 1.54) is 0 Å². The standard InChI is InChI=1S/C17H22ClN5O/c1-11-9-12(2)16(13(18)10-11)20-17(24)14-5-6-15(22-21-14)19-7-8-23(3)4/h5-6,9-10H,7-8H2,1-4H3,(H,19,22)(H,20,24). The third kappa shape index (κ3) is 4.91. The summed E-state index contributed by atoms with van der Waals surface area (Å²) in [5.41, 5.74) is 2.79. The van der Waals surface area contributed by atoms with Gasteiger partial charge in [-0.05, 0) is 57.3 Å². The molecule has 7 heteroatoms. The zero-order chi connectivity index (χ0) is 17.7. The first-order chi connectivity index (χ1) is 11.4. The molecule has 128 valence electrons. The lowest BCUT2D eigenvalue weighted by Gasteiger charge is -2.12. The van der Waals surface area contributed by atoms with E-state index in [4.69, 9.17) is 11.6 Å². The van der Waals surface area contributed by atoms with Crippen LogP contribution in [0.3, 0.4) is 0 Å². The van der Waals surface area contributed by atoms with E-state index in [2.05, 4.69) is 25.7 Å². The molecule has 0 radical (unpaired) electrons. The number of amides is 1. The van der Waals surface area contributed by atoms with Gasteiger partial charge < -0.3 is 15.5 Å². The normalized spacial score (nSPS) is 10.8. The molecule has 0 atom stereocenters. The molecule has 0 aliphatic heterocycles. The van der Waals surface area contributed by atoms with Gasteiger partial charge in [-0.3, -0.25) is 4.79 Å². The summed E-state index contributed by atoms with van der Waals surface area (Å²) in [5, 5.41) is 14.4. The highest BCUT2D eigenvalue weighted by Crippen LogP contribution is 2.27. The zero-order valence-electron chi connectivity index (χ0n) is 14.4. The van der Waals surface area contributed by atoms with E-state index in [1.807, 2.05) is 40.1 Å². The summed E-state index contributed by atoms with van der Waals surface area (Å²) < 4.78 is 0. The maximum absolute atomic E-state index is 12.3. The molecule has 0 saturated carbocycles. The lowest BCUT2D eigenvalue weighted by atomic mass is 10.1. The first kappa shape index (κ1) is 18.2. The fraction of sp³-hybridized carbons (Fsp3) is 0.353. The lowest BCUT2D eigenvalue weighted by Crippen LogP contribution is -2.21. The van der Waals surface area contributed by atoms with Crippen LogP contribution in [-0.2, 0) is 0 Å². The second kappa shape index (κ2) is 8.08. The maximum Gasteiger partial charge on any atom is 0.276 e. The highest BCUT2D eigenvalue weighted by molar-refractivity contribution is 6.34. The topological polar surface area (TPSA) is 70.2 Å². The quantitative estimate of drug-likeness (QED) is 0.840. The number of carbonyl (C=O) groups excluding carboxylic acids is 1. The van der Waals surface area contributed by atoms with Crippen molar-refractivity contribution in [2.75, 3.05) is 37.8 Å². The molecule has 0 aliphatic carbocycles. The molecule has 2 N–H and O–H groups in total. The van der Waals surface area contributed by atoms with E-state index in [0.717, 1.165) is 24.2 Å². The van der Waals surface area contributed by atoms with Gasteiger partial charge in [0, 0.05) is 13.1 Å². The number of carbonyl (C=O) groups is 1. The first-order valence-electron chi connectivity index (χ1n) is 7.67. The first-order valence-corrected chi connectivity index (χ1v) is 8.05. The molecule has 2 rings (SSSR count). The van der Waals surface area contributed by atoms with E-state index in [-0.39, 0.29) is 11.6 Å². The molecule has 1 aromatic heterocycles. The van der Waals surface area contributed by atoms with Crippen LogP contribution in [0.2, 0.25) is 5.02 Å². The van der Waals surface area contributed by atoms with Crippen LogP contribution < -0.4 is 10.6 Å². The highest BCUT2D eigenvalue weighted by Gasteiger charge is 2.13. The van der Waals surface area contributed by atoms with Crippen molar-refractivity contribution >= 4 is 29.0 Å². The second-order valence-corrected chi connectivity index (χ2v) is 6.33. The smallest absolute Gasteiger partial charge is 0.276 e.